The molecule has 0 aromatic heterocycles. The minimum absolute atomic E-state index is 0.524. The molecule has 0 saturated heterocycles. The van der Waals surface area contributed by atoms with Crippen molar-refractivity contribution in [3.63, 3.8) is 0 Å². The summed E-state index contributed by atoms with van der Waals surface area (Å²) in [6, 6.07) is 14.7. The Hall–Kier alpha value is -1.31. The van der Waals surface area contributed by atoms with Crippen LogP contribution in [-0.4, -0.2) is 0 Å². The molecule has 0 unspecified atom stereocenters. The Kier molecular flexibility index (Phi) is 5.00. The first kappa shape index (κ1) is 14.1. The maximum absolute atomic E-state index is 6.31. The molecule has 0 atom stereocenters. The van der Waals surface area contributed by atoms with E-state index in [2.05, 4.69) is 31.2 Å². The van der Waals surface area contributed by atoms with Crippen LogP contribution in [0.25, 0.3) is 11.1 Å². The molecule has 0 fully saturated rings. The first-order valence-electron chi connectivity index (χ1n) is 6.82. The van der Waals surface area contributed by atoms with Crippen LogP contribution in [-0.2, 0) is 13.0 Å². The molecular weight excluding hydrogens is 254 g/mol. The lowest BCUT2D eigenvalue weighted by molar-refractivity contribution is 0.795. The van der Waals surface area contributed by atoms with Crippen molar-refractivity contribution in [2.75, 3.05) is 0 Å². The first-order valence-corrected chi connectivity index (χ1v) is 7.20. The van der Waals surface area contributed by atoms with Crippen molar-refractivity contribution in [2.24, 2.45) is 5.73 Å². The van der Waals surface area contributed by atoms with E-state index in [9.17, 15) is 0 Å². The minimum Gasteiger partial charge on any atom is -0.326 e. The van der Waals surface area contributed by atoms with Gasteiger partial charge in [-0.15, -0.1) is 0 Å². The fraction of sp³-hybridized carbons (Fsp3) is 0.294. The zero-order valence-electron chi connectivity index (χ0n) is 11.3. The van der Waals surface area contributed by atoms with E-state index in [0.717, 1.165) is 28.1 Å². The van der Waals surface area contributed by atoms with Crippen molar-refractivity contribution in [1.29, 1.82) is 0 Å². The smallest absolute Gasteiger partial charge is 0.0487 e. The van der Waals surface area contributed by atoms with Gasteiger partial charge >= 0.3 is 0 Å². The molecular formula is C17H20ClN. The Labute approximate surface area is 120 Å². The number of nitrogens with two attached hydrogens (primary N) is 1. The van der Waals surface area contributed by atoms with E-state index in [0.29, 0.717) is 6.54 Å². The molecule has 1 nitrogen and oxygen atoms in total. The van der Waals surface area contributed by atoms with Crippen LogP contribution in [0.15, 0.2) is 42.5 Å². The summed E-state index contributed by atoms with van der Waals surface area (Å²) >= 11 is 6.31. The van der Waals surface area contributed by atoms with Gasteiger partial charge in [-0.25, -0.2) is 0 Å². The molecule has 0 aliphatic rings. The van der Waals surface area contributed by atoms with Crippen molar-refractivity contribution in [3.8, 4) is 11.1 Å². The summed E-state index contributed by atoms with van der Waals surface area (Å²) in [6.07, 6.45) is 3.62. The van der Waals surface area contributed by atoms with Gasteiger partial charge in [-0.05, 0) is 35.6 Å². The number of halogens is 1. The fourth-order valence-corrected chi connectivity index (χ4v) is 2.46. The monoisotopic (exact) mass is 273 g/mol. The molecule has 0 aliphatic carbocycles. The molecule has 2 aromatic rings. The van der Waals surface area contributed by atoms with E-state index < -0.39 is 0 Å². The second-order valence-corrected chi connectivity index (χ2v) is 5.23. The maximum Gasteiger partial charge on any atom is 0.0487 e. The summed E-state index contributed by atoms with van der Waals surface area (Å²) in [6.45, 7) is 2.74. The van der Waals surface area contributed by atoms with Crippen LogP contribution in [0.3, 0.4) is 0 Å². The van der Waals surface area contributed by atoms with Gasteiger partial charge in [0.15, 0.2) is 0 Å². The van der Waals surface area contributed by atoms with Crippen LogP contribution in [0, 0.1) is 0 Å². The Balaban J connectivity index is 2.22. The zero-order valence-corrected chi connectivity index (χ0v) is 12.1. The topological polar surface area (TPSA) is 26.0 Å². The molecule has 0 bridgehead atoms. The molecule has 2 aromatic carbocycles. The molecule has 0 aliphatic heterocycles. The van der Waals surface area contributed by atoms with Gasteiger partial charge in [0.2, 0.25) is 0 Å². The number of aryl methyl sites for hydroxylation is 1. The summed E-state index contributed by atoms with van der Waals surface area (Å²) < 4.78 is 0. The number of rotatable bonds is 5. The first-order chi connectivity index (χ1) is 9.24. The van der Waals surface area contributed by atoms with Gasteiger partial charge < -0.3 is 5.73 Å². The van der Waals surface area contributed by atoms with Crippen LogP contribution in [0.5, 0.6) is 0 Å². The SMILES string of the molecule is CCCCc1ccc(-c2ccc(CN)cc2Cl)cc1. The largest absolute Gasteiger partial charge is 0.326 e. The summed E-state index contributed by atoms with van der Waals surface area (Å²) in [7, 11) is 0. The second kappa shape index (κ2) is 6.74. The predicted molar refractivity (Wildman–Crippen MR) is 83.4 cm³/mol. The number of benzene rings is 2. The Morgan fingerprint density at radius 2 is 1.68 bits per heavy atom. The van der Waals surface area contributed by atoms with Crippen molar-refractivity contribution < 1.29 is 0 Å². The van der Waals surface area contributed by atoms with Gasteiger partial charge in [0.05, 0.1) is 0 Å². The highest BCUT2D eigenvalue weighted by atomic mass is 35.5. The molecule has 2 heteroatoms. The molecule has 0 radical (unpaired) electrons. The third-order valence-electron chi connectivity index (χ3n) is 3.35. The molecule has 19 heavy (non-hydrogen) atoms. The average Bonchev–Trinajstić information content (AvgIpc) is 2.45. The van der Waals surface area contributed by atoms with E-state index in [1.54, 1.807) is 0 Å². The van der Waals surface area contributed by atoms with Gasteiger partial charge in [0.25, 0.3) is 0 Å². The van der Waals surface area contributed by atoms with Gasteiger partial charge in [0.1, 0.15) is 0 Å². The van der Waals surface area contributed by atoms with Gasteiger partial charge in [-0.2, -0.15) is 0 Å². The zero-order chi connectivity index (χ0) is 13.7. The summed E-state index contributed by atoms with van der Waals surface area (Å²) in [5.74, 6) is 0. The van der Waals surface area contributed by atoms with Gasteiger partial charge in [-0.1, -0.05) is 61.3 Å². The summed E-state index contributed by atoms with van der Waals surface area (Å²) in [5, 5.41) is 0.768. The third-order valence-corrected chi connectivity index (χ3v) is 3.67. The quantitative estimate of drug-likeness (QED) is 0.831. The minimum atomic E-state index is 0.524. The van der Waals surface area contributed by atoms with E-state index in [-0.39, 0.29) is 0 Å². The lowest BCUT2D eigenvalue weighted by atomic mass is 10.0. The van der Waals surface area contributed by atoms with Crippen LogP contribution in [0.2, 0.25) is 5.02 Å². The number of hydrogen-bond acceptors (Lipinski definition) is 1. The standard InChI is InChI=1S/C17H20ClN/c1-2-3-4-13-5-8-15(9-6-13)16-10-7-14(12-19)11-17(16)18/h5-11H,2-4,12,19H2,1H3. The van der Waals surface area contributed by atoms with Crippen molar-refractivity contribution in [1.82, 2.24) is 0 Å². The van der Waals surface area contributed by atoms with Crippen LogP contribution < -0.4 is 5.73 Å². The lowest BCUT2D eigenvalue weighted by Crippen LogP contribution is -1.96. The van der Waals surface area contributed by atoms with E-state index >= 15 is 0 Å². The Bertz CT molecular complexity index is 531. The highest BCUT2D eigenvalue weighted by molar-refractivity contribution is 6.33. The average molecular weight is 274 g/mol. The normalized spacial score (nSPS) is 10.7. The van der Waals surface area contributed by atoms with Crippen molar-refractivity contribution >= 4 is 11.6 Å². The molecule has 0 spiro atoms. The highest BCUT2D eigenvalue weighted by Gasteiger charge is 2.04. The number of hydrogen-bond donors (Lipinski definition) is 1. The molecule has 0 amide bonds. The second-order valence-electron chi connectivity index (χ2n) is 4.82. The Morgan fingerprint density at radius 3 is 2.26 bits per heavy atom. The molecule has 2 N–H and O–H groups in total. The van der Waals surface area contributed by atoms with Crippen molar-refractivity contribution in [3.05, 3.63) is 58.6 Å². The van der Waals surface area contributed by atoms with Crippen LogP contribution in [0.4, 0.5) is 0 Å². The van der Waals surface area contributed by atoms with E-state index in [1.165, 1.54) is 18.4 Å². The van der Waals surface area contributed by atoms with E-state index in [4.69, 9.17) is 17.3 Å². The molecule has 0 saturated carbocycles. The molecule has 2 rings (SSSR count). The Morgan fingerprint density at radius 1 is 1.00 bits per heavy atom. The van der Waals surface area contributed by atoms with Crippen molar-refractivity contribution in [2.45, 2.75) is 32.7 Å². The van der Waals surface area contributed by atoms with Gasteiger partial charge in [0, 0.05) is 17.1 Å². The maximum atomic E-state index is 6.31. The predicted octanol–water partition coefficient (Wildman–Crippen LogP) is 4.81. The third kappa shape index (κ3) is 3.59. The number of unbranched alkanes of at least 4 members (excludes halogenated alkanes) is 1. The molecule has 100 valence electrons. The van der Waals surface area contributed by atoms with Gasteiger partial charge in [-0.3, -0.25) is 0 Å². The summed E-state index contributed by atoms with van der Waals surface area (Å²) in [5.41, 5.74) is 10.3. The fourth-order valence-electron chi connectivity index (χ4n) is 2.15. The van der Waals surface area contributed by atoms with Crippen LogP contribution >= 0.6 is 11.6 Å². The lowest BCUT2D eigenvalue weighted by Gasteiger charge is -2.08. The molecule has 0 heterocycles. The summed E-state index contributed by atoms with van der Waals surface area (Å²) in [4.78, 5) is 0. The van der Waals surface area contributed by atoms with Crippen LogP contribution in [0.1, 0.15) is 30.9 Å². The van der Waals surface area contributed by atoms with E-state index in [1.807, 2.05) is 18.2 Å². The highest BCUT2D eigenvalue weighted by Crippen LogP contribution is 2.29.